The Balaban J connectivity index is 1.48. The summed E-state index contributed by atoms with van der Waals surface area (Å²) in [5, 5.41) is 11.7. The zero-order chi connectivity index (χ0) is 20.5. The molecule has 0 radical (unpaired) electrons. The standard InChI is InChI=1S/C20H20ClN5O3/c1-14-3-2-4-19-22-16(12-20(27)25(14)19)13-23-7-9-24(10-8-23)17-6-5-15(21)11-18(17)26(28)29/h2-6,11-12H,7-10,13H2,1H3. The predicted molar refractivity (Wildman–Crippen MR) is 112 cm³/mol. The molecule has 4 rings (SSSR count). The molecule has 150 valence electrons. The molecule has 2 aromatic heterocycles. The third-order valence-electron chi connectivity index (χ3n) is 5.17. The molecule has 1 saturated heterocycles. The summed E-state index contributed by atoms with van der Waals surface area (Å²) in [6, 6.07) is 11.9. The minimum atomic E-state index is -0.401. The molecule has 0 bridgehead atoms. The summed E-state index contributed by atoms with van der Waals surface area (Å²) in [5.74, 6) is 0. The van der Waals surface area contributed by atoms with Crippen molar-refractivity contribution in [1.82, 2.24) is 14.3 Å². The number of benzene rings is 1. The minimum Gasteiger partial charge on any atom is -0.363 e. The van der Waals surface area contributed by atoms with Crippen LogP contribution in [0, 0.1) is 17.0 Å². The van der Waals surface area contributed by atoms with Crippen LogP contribution in [0.5, 0.6) is 0 Å². The lowest BCUT2D eigenvalue weighted by Crippen LogP contribution is -2.46. The van der Waals surface area contributed by atoms with Gasteiger partial charge >= 0.3 is 0 Å². The summed E-state index contributed by atoms with van der Waals surface area (Å²) >= 11 is 5.91. The maximum atomic E-state index is 12.4. The van der Waals surface area contributed by atoms with Crippen molar-refractivity contribution in [2.45, 2.75) is 13.5 Å². The number of aromatic nitrogens is 2. The van der Waals surface area contributed by atoms with Crippen molar-refractivity contribution in [1.29, 1.82) is 0 Å². The second-order valence-electron chi connectivity index (χ2n) is 7.10. The van der Waals surface area contributed by atoms with Gasteiger partial charge in [-0.15, -0.1) is 0 Å². The lowest BCUT2D eigenvalue weighted by molar-refractivity contribution is -0.384. The van der Waals surface area contributed by atoms with E-state index in [1.807, 2.05) is 30.0 Å². The van der Waals surface area contributed by atoms with Crippen LogP contribution in [-0.2, 0) is 6.54 Å². The highest BCUT2D eigenvalue weighted by molar-refractivity contribution is 6.30. The van der Waals surface area contributed by atoms with Crippen LogP contribution in [0.3, 0.4) is 0 Å². The maximum Gasteiger partial charge on any atom is 0.294 e. The number of pyridine rings is 1. The van der Waals surface area contributed by atoms with Gasteiger partial charge in [-0.2, -0.15) is 0 Å². The van der Waals surface area contributed by atoms with Gasteiger partial charge in [-0.25, -0.2) is 4.98 Å². The van der Waals surface area contributed by atoms with E-state index in [0.29, 0.717) is 49.1 Å². The van der Waals surface area contributed by atoms with Gasteiger partial charge in [-0.3, -0.25) is 24.2 Å². The van der Waals surface area contributed by atoms with E-state index in [1.165, 1.54) is 6.07 Å². The number of rotatable bonds is 4. The van der Waals surface area contributed by atoms with Crippen molar-refractivity contribution in [2.24, 2.45) is 0 Å². The number of fused-ring (bicyclic) bond motifs is 1. The van der Waals surface area contributed by atoms with Gasteiger partial charge in [-0.1, -0.05) is 17.7 Å². The number of anilines is 1. The first kappa shape index (κ1) is 19.4. The van der Waals surface area contributed by atoms with Gasteiger partial charge in [0.2, 0.25) is 0 Å². The van der Waals surface area contributed by atoms with Crippen molar-refractivity contribution >= 4 is 28.6 Å². The molecule has 29 heavy (non-hydrogen) atoms. The van der Waals surface area contributed by atoms with Crippen LogP contribution in [0.25, 0.3) is 5.65 Å². The Bertz CT molecular complexity index is 1140. The first-order valence-corrected chi connectivity index (χ1v) is 9.70. The fourth-order valence-electron chi connectivity index (χ4n) is 3.73. The van der Waals surface area contributed by atoms with E-state index in [4.69, 9.17) is 11.6 Å². The summed E-state index contributed by atoms with van der Waals surface area (Å²) in [5.41, 5.74) is 2.74. The molecular weight excluding hydrogens is 394 g/mol. The first-order valence-electron chi connectivity index (χ1n) is 9.32. The van der Waals surface area contributed by atoms with Crippen LogP contribution in [0.2, 0.25) is 5.02 Å². The number of nitro benzene ring substituents is 1. The van der Waals surface area contributed by atoms with Crippen LogP contribution < -0.4 is 10.5 Å². The minimum absolute atomic E-state index is 0.0190. The fraction of sp³-hybridized carbons (Fsp3) is 0.300. The average Bonchev–Trinajstić information content (AvgIpc) is 2.68. The number of nitrogens with zero attached hydrogens (tertiary/aromatic N) is 5. The van der Waals surface area contributed by atoms with Gasteiger partial charge in [-0.05, 0) is 31.2 Å². The zero-order valence-corrected chi connectivity index (χ0v) is 16.7. The zero-order valence-electron chi connectivity index (χ0n) is 15.9. The van der Waals surface area contributed by atoms with E-state index >= 15 is 0 Å². The van der Waals surface area contributed by atoms with E-state index in [2.05, 4.69) is 9.88 Å². The van der Waals surface area contributed by atoms with Crippen LogP contribution in [0.4, 0.5) is 11.4 Å². The van der Waals surface area contributed by atoms with Crippen molar-refractivity contribution in [3.8, 4) is 0 Å². The molecule has 0 spiro atoms. The van der Waals surface area contributed by atoms with Crippen molar-refractivity contribution < 1.29 is 4.92 Å². The van der Waals surface area contributed by atoms with Gasteiger partial charge in [0.15, 0.2) is 0 Å². The lowest BCUT2D eigenvalue weighted by atomic mass is 10.2. The molecular formula is C20H20ClN5O3. The SMILES string of the molecule is Cc1cccc2nc(CN3CCN(c4ccc(Cl)cc4[N+](=O)[O-])CC3)cc(=O)n12. The van der Waals surface area contributed by atoms with Crippen molar-refractivity contribution in [3.05, 3.63) is 79.3 Å². The molecule has 0 aliphatic carbocycles. The molecule has 9 heteroatoms. The molecule has 1 aliphatic rings. The van der Waals surface area contributed by atoms with Crippen LogP contribution >= 0.6 is 11.6 Å². The Morgan fingerprint density at radius 2 is 1.90 bits per heavy atom. The first-order chi connectivity index (χ1) is 13.9. The molecule has 0 saturated carbocycles. The van der Waals surface area contributed by atoms with Crippen molar-refractivity contribution in [2.75, 3.05) is 31.1 Å². The van der Waals surface area contributed by atoms with E-state index in [1.54, 1.807) is 22.6 Å². The van der Waals surface area contributed by atoms with E-state index in [0.717, 1.165) is 11.4 Å². The highest BCUT2D eigenvalue weighted by Crippen LogP contribution is 2.31. The summed E-state index contributed by atoms with van der Waals surface area (Å²) in [6.07, 6.45) is 0. The number of halogens is 1. The number of aryl methyl sites for hydroxylation is 1. The molecule has 0 amide bonds. The molecule has 3 heterocycles. The quantitative estimate of drug-likeness (QED) is 0.483. The third-order valence-corrected chi connectivity index (χ3v) is 5.40. The maximum absolute atomic E-state index is 12.4. The van der Waals surface area contributed by atoms with Crippen LogP contribution in [0.1, 0.15) is 11.4 Å². The predicted octanol–water partition coefficient (Wildman–Crippen LogP) is 2.89. The van der Waals surface area contributed by atoms with E-state index < -0.39 is 4.92 Å². The van der Waals surface area contributed by atoms with Gasteiger partial charge in [0.25, 0.3) is 11.2 Å². The average molecular weight is 414 g/mol. The Morgan fingerprint density at radius 3 is 2.62 bits per heavy atom. The smallest absolute Gasteiger partial charge is 0.294 e. The Morgan fingerprint density at radius 1 is 1.14 bits per heavy atom. The Hall–Kier alpha value is -2.97. The molecule has 8 nitrogen and oxygen atoms in total. The van der Waals surface area contributed by atoms with Crippen LogP contribution in [0.15, 0.2) is 47.3 Å². The highest BCUT2D eigenvalue weighted by atomic mass is 35.5. The number of hydrogen-bond donors (Lipinski definition) is 0. The lowest BCUT2D eigenvalue weighted by Gasteiger charge is -2.35. The molecule has 0 atom stereocenters. The molecule has 1 aliphatic heterocycles. The monoisotopic (exact) mass is 413 g/mol. The van der Waals surface area contributed by atoms with Gasteiger partial charge in [0, 0.05) is 55.6 Å². The van der Waals surface area contributed by atoms with E-state index in [9.17, 15) is 14.9 Å². The topological polar surface area (TPSA) is 84.0 Å². The summed E-state index contributed by atoms with van der Waals surface area (Å²) in [7, 11) is 0. The molecule has 1 aromatic carbocycles. The van der Waals surface area contributed by atoms with Crippen molar-refractivity contribution in [3.63, 3.8) is 0 Å². The van der Waals surface area contributed by atoms with E-state index in [-0.39, 0.29) is 11.2 Å². The summed E-state index contributed by atoms with van der Waals surface area (Å²) in [4.78, 5) is 32.2. The largest absolute Gasteiger partial charge is 0.363 e. The second-order valence-corrected chi connectivity index (χ2v) is 7.54. The highest BCUT2D eigenvalue weighted by Gasteiger charge is 2.24. The summed E-state index contributed by atoms with van der Waals surface area (Å²) < 4.78 is 1.60. The fourth-order valence-corrected chi connectivity index (χ4v) is 3.90. The number of piperazine rings is 1. The third kappa shape index (κ3) is 3.94. The van der Waals surface area contributed by atoms with Gasteiger partial charge in [0.05, 0.1) is 10.6 Å². The normalized spacial score (nSPS) is 15.0. The number of nitro groups is 1. The van der Waals surface area contributed by atoms with Gasteiger partial charge < -0.3 is 4.90 Å². The number of hydrogen-bond acceptors (Lipinski definition) is 6. The molecule has 1 fully saturated rings. The molecule has 0 unspecified atom stereocenters. The molecule has 0 N–H and O–H groups in total. The summed E-state index contributed by atoms with van der Waals surface area (Å²) in [6.45, 7) is 5.17. The molecule has 3 aromatic rings. The van der Waals surface area contributed by atoms with Crippen LogP contribution in [-0.4, -0.2) is 45.4 Å². The van der Waals surface area contributed by atoms with Gasteiger partial charge in [0.1, 0.15) is 11.3 Å². The Labute approximate surface area is 172 Å². The Kier molecular flexibility index (Phi) is 5.21. The second kappa shape index (κ2) is 7.81.